The highest BCUT2D eigenvalue weighted by molar-refractivity contribution is 7.71. The molecule has 1 aliphatic rings. The van der Waals surface area contributed by atoms with E-state index in [0.717, 1.165) is 5.52 Å². The number of aromatic amines is 1. The Hall–Kier alpha value is -1.69. The first-order valence-electron chi connectivity index (χ1n) is 5.73. The van der Waals surface area contributed by atoms with Gasteiger partial charge in [0.05, 0.1) is 17.1 Å². The molecule has 1 atom stereocenters. The van der Waals surface area contributed by atoms with Crippen LogP contribution in [0.1, 0.15) is 18.0 Å². The minimum absolute atomic E-state index is 0.00334. The van der Waals surface area contributed by atoms with Crippen LogP contribution in [0, 0.1) is 17.5 Å². The van der Waals surface area contributed by atoms with E-state index in [9.17, 15) is 9.18 Å². The number of aromatic nitrogens is 2. The van der Waals surface area contributed by atoms with Gasteiger partial charge in [0, 0.05) is 13.0 Å². The Labute approximate surface area is 108 Å². The molecule has 1 aromatic carbocycles. The number of benzene rings is 1. The fourth-order valence-corrected chi connectivity index (χ4v) is 2.74. The number of amides is 1. The number of carbonyl (C=O) groups excluding carboxylic acids is 1. The summed E-state index contributed by atoms with van der Waals surface area (Å²) in [6.45, 7) is 2.28. The van der Waals surface area contributed by atoms with Crippen LogP contribution in [-0.2, 0) is 4.79 Å². The van der Waals surface area contributed by atoms with Crippen molar-refractivity contribution in [3.05, 3.63) is 28.3 Å². The predicted octanol–water partition coefficient (Wildman–Crippen LogP) is 2.21. The van der Waals surface area contributed by atoms with E-state index in [4.69, 9.17) is 12.2 Å². The molecular weight excluding hydrogens is 253 g/mol. The summed E-state index contributed by atoms with van der Waals surface area (Å²) < 4.78 is 15.9. The molecule has 94 valence electrons. The molecule has 1 amide bonds. The Balaban J connectivity index is 2.22. The minimum atomic E-state index is -0.258. The van der Waals surface area contributed by atoms with E-state index < -0.39 is 0 Å². The smallest absolute Gasteiger partial charge is 0.222 e. The van der Waals surface area contributed by atoms with Crippen LogP contribution in [0.15, 0.2) is 12.1 Å². The number of rotatable bonds is 1. The van der Waals surface area contributed by atoms with Crippen molar-refractivity contribution in [2.75, 3.05) is 6.54 Å². The standard InChI is InChI=1S/C12H12FN3OS/c1-6-2-10-9(4-8(6)13)15-12(18)16(10)7-3-11(17)14-5-7/h2,4,7H,3,5H2,1H3,(H,14,17)(H,15,18). The number of nitrogens with zero attached hydrogens (tertiary/aromatic N) is 1. The van der Waals surface area contributed by atoms with Crippen LogP contribution in [0.5, 0.6) is 0 Å². The molecule has 4 nitrogen and oxygen atoms in total. The average molecular weight is 265 g/mol. The van der Waals surface area contributed by atoms with Crippen LogP contribution in [0.3, 0.4) is 0 Å². The minimum Gasteiger partial charge on any atom is -0.354 e. The zero-order chi connectivity index (χ0) is 12.9. The first-order valence-corrected chi connectivity index (χ1v) is 6.14. The van der Waals surface area contributed by atoms with Crippen LogP contribution in [-0.4, -0.2) is 22.0 Å². The maximum absolute atomic E-state index is 13.5. The molecule has 1 saturated heterocycles. The Kier molecular flexibility index (Phi) is 2.48. The Bertz CT molecular complexity index is 703. The number of H-pyrrole nitrogens is 1. The van der Waals surface area contributed by atoms with Gasteiger partial charge in [0.15, 0.2) is 4.77 Å². The number of halogens is 1. The highest BCUT2D eigenvalue weighted by Gasteiger charge is 2.25. The topological polar surface area (TPSA) is 49.8 Å². The van der Waals surface area contributed by atoms with Crippen molar-refractivity contribution in [1.29, 1.82) is 0 Å². The molecule has 0 saturated carbocycles. The van der Waals surface area contributed by atoms with Crippen molar-refractivity contribution in [2.24, 2.45) is 0 Å². The number of fused-ring (bicyclic) bond motifs is 1. The SMILES string of the molecule is Cc1cc2c(cc1F)[nH]c(=S)n2C1CNC(=O)C1. The summed E-state index contributed by atoms with van der Waals surface area (Å²) in [6.07, 6.45) is 0.414. The van der Waals surface area contributed by atoms with E-state index in [1.54, 1.807) is 13.0 Å². The second-order valence-corrected chi connectivity index (χ2v) is 4.97. The lowest BCUT2D eigenvalue weighted by Gasteiger charge is -2.11. The molecule has 3 rings (SSSR count). The Morgan fingerprint density at radius 1 is 1.50 bits per heavy atom. The summed E-state index contributed by atoms with van der Waals surface area (Å²) in [4.78, 5) is 14.3. The fourth-order valence-electron chi connectivity index (χ4n) is 2.39. The van der Waals surface area contributed by atoms with Gasteiger partial charge in [-0.25, -0.2) is 4.39 Å². The summed E-state index contributed by atoms with van der Waals surface area (Å²) in [6, 6.07) is 3.21. The third-order valence-corrected chi connectivity index (χ3v) is 3.62. The van der Waals surface area contributed by atoms with E-state index in [1.165, 1.54) is 6.07 Å². The molecule has 1 aromatic heterocycles. The molecule has 1 unspecified atom stereocenters. The number of aryl methyl sites for hydroxylation is 1. The highest BCUT2D eigenvalue weighted by atomic mass is 32.1. The highest BCUT2D eigenvalue weighted by Crippen LogP contribution is 2.25. The van der Waals surface area contributed by atoms with Crippen LogP contribution < -0.4 is 5.32 Å². The number of imidazole rings is 1. The fraction of sp³-hybridized carbons (Fsp3) is 0.333. The summed E-state index contributed by atoms with van der Waals surface area (Å²) in [5.41, 5.74) is 2.09. The predicted molar refractivity (Wildman–Crippen MR) is 68.5 cm³/mol. The monoisotopic (exact) mass is 265 g/mol. The maximum atomic E-state index is 13.5. The molecule has 0 bridgehead atoms. The first kappa shape index (κ1) is 11.4. The number of hydrogen-bond acceptors (Lipinski definition) is 2. The normalized spacial score (nSPS) is 19.4. The lowest BCUT2D eigenvalue weighted by atomic mass is 10.2. The van der Waals surface area contributed by atoms with Gasteiger partial charge in [0.25, 0.3) is 0 Å². The zero-order valence-electron chi connectivity index (χ0n) is 9.79. The molecular formula is C12H12FN3OS. The van der Waals surface area contributed by atoms with E-state index in [1.807, 2.05) is 4.57 Å². The molecule has 1 aliphatic heterocycles. The maximum Gasteiger partial charge on any atom is 0.222 e. The van der Waals surface area contributed by atoms with Crippen molar-refractivity contribution in [1.82, 2.24) is 14.9 Å². The Morgan fingerprint density at radius 3 is 2.94 bits per heavy atom. The van der Waals surface area contributed by atoms with Crippen LogP contribution in [0.25, 0.3) is 11.0 Å². The molecule has 0 spiro atoms. The van der Waals surface area contributed by atoms with E-state index in [2.05, 4.69) is 10.3 Å². The third kappa shape index (κ3) is 1.64. The summed E-state index contributed by atoms with van der Waals surface area (Å²) >= 11 is 5.26. The lowest BCUT2D eigenvalue weighted by Crippen LogP contribution is -2.15. The van der Waals surface area contributed by atoms with Gasteiger partial charge < -0.3 is 14.9 Å². The number of hydrogen-bond donors (Lipinski definition) is 2. The third-order valence-electron chi connectivity index (χ3n) is 3.32. The summed E-state index contributed by atoms with van der Waals surface area (Å²) in [7, 11) is 0. The molecule has 1 fully saturated rings. The zero-order valence-corrected chi connectivity index (χ0v) is 10.6. The van der Waals surface area contributed by atoms with Crippen LogP contribution in [0.4, 0.5) is 4.39 Å². The van der Waals surface area contributed by atoms with Crippen LogP contribution >= 0.6 is 12.2 Å². The van der Waals surface area contributed by atoms with Gasteiger partial charge in [-0.15, -0.1) is 0 Å². The van der Waals surface area contributed by atoms with Crippen molar-refractivity contribution in [3.8, 4) is 0 Å². The first-order chi connectivity index (χ1) is 8.56. The number of carbonyl (C=O) groups is 1. The molecule has 0 radical (unpaired) electrons. The molecule has 2 heterocycles. The quantitative estimate of drug-likeness (QED) is 0.777. The van der Waals surface area contributed by atoms with Gasteiger partial charge in [-0.1, -0.05) is 0 Å². The van der Waals surface area contributed by atoms with Crippen molar-refractivity contribution in [3.63, 3.8) is 0 Å². The molecule has 2 N–H and O–H groups in total. The second-order valence-electron chi connectivity index (χ2n) is 4.58. The molecule has 0 aliphatic carbocycles. The lowest BCUT2D eigenvalue weighted by molar-refractivity contribution is -0.119. The summed E-state index contributed by atoms with van der Waals surface area (Å²) in [5.74, 6) is -0.235. The number of nitrogens with one attached hydrogen (secondary N) is 2. The summed E-state index contributed by atoms with van der Waals surface area (Å²) in [5, 5.41) is 2.78. The van der Waals surface area contributed by atoms with Gasteiger partial charge in [-0.3, -0.25) is 4.79 Å². The van der Waals surface area contributed by atoms with Crippen molar-refractivity contribution in [2.45, 2.75) is 19.4 Å². The van der Waals surface area contributed by atoms with Gasteiger partial charge >= 0.3 is 0 Å². The van der Waals surface area contributed by atoms with Crippen molar-refractivity contribution >= 4 is 29.2 Å². The molecule has 18 heavy (non-hydrogen) atoms. The Morgan fingerprint density at radius 2 is 2.28 bits per heavy atom. The van der Waals surface area contributed by atoms with Crippen LogP contribution in [0.2, 0.25) is 0 Å². The van der Waals surface area contributed by atoms with Gasteiger partial charge in [-0.2, -0.15) is 0 Å². The van der Waals surface area contributed by atoms with Gasteiger partial charge in [0.2, 0.25) is 5.91 Å². The average Bonchev–Trinajstić information content (AvgIpc) is 2.83. The van der Waals surface area contributed by atoms with E-state index in [-0.39, 0.29) is 17.8 Å². The second kappa shape index (κ2) is 3.91. The van der Waals surface area contributed by atoms with Gasteiger partial charge in [-0.05, 0) is 36.8 Å². The van der Waals surface area contributed by atoms with Crippen molar-refractivity contribution < 1.29 is 9.18 Å². The largest absolute Gasteiger partial charge is 0.354 e. The van der Waals surface area contributed by atoms with E-state index in [0.29, 0.717) is 28.8 Å². The van der Waals surface area contributed by atoms with Gasteiger partial charge in [0.1, 0.15) is 5.82 Å². The molecule has 2 aromatic rings. The van der Waals surface area contributed by atoms with E-state index >= 15 is 0 Å². The molecule has 6 heteroatoms.